The number of carbonyl (C=O) groups excluding carboxylic acids is 2. The third-order valence-corrected chi connectivity index (χ3v) is 3.55. The van der Waals surface area contributed by atoms with Gasteiger partial charge in [0.25, 0.3) is 0 Å². The Hall–Kier alpha value is -1.06. The number of rotatable bonds is 14. The van der Waals surface area contributed by atoms with Gasteiger partial charge in [-0.1, -0.05) is 46.0 Å². The third kappa shape index (κ3) is 13.9. The highest BCUT2D eigenvalue weighted by atomic mass is 16.5. The highest BCUT2D eigenvalue weighted by Crippen LogP contribution is 2.08. The van der Waals surface area contributed by atoms with Crippen molar-refractivity contribution in [3.63, 3.8) is 0 Å². The Morgan fingerprint density at radius 1 is 0.818 bits per heavy atom. The molecular formula is C18H34O4. The fraction of sp³-hybridized carbons (Fsp3) is 0.889. The summed E-state index contributed by atoms with van der Waals surface area (Å²) in [6.07, 6.45) is 9.75. The number of ether oxygens (including phenoxy) is 2. The topological polar surface area (TPSA) is 52.6 Å². The van der Waals surface area contributed by atoms with Crippen molar-refractivity contribution < 1.29 is 19.1 Å². The molecule has 0 N–H and O–H groups in total. The van der Waals surface area contributed by atoms with Gasteiger partial charge in [0, 0.05) is 12.8 Å². The smallest absolute Gasteiger partial charge is 0.306 e. The summed E-state index contributed by atoms with van der Waals surface area (Å²) in [6, 6.07) is 0. The zero-order chi connectivity index (χ0) is 16.6. The van der Waals surface area contributed by atoms with Crippen LogP contribution in [0.25, 0.3) is 0 Å². The highest BCUT2D eigenvalue weighted by Gasteiger charge is 2.08. The lowest BCUT2D eigenvalue weighted by atomic mass is 10.1. The molecule has 0 radical (unpaired) electrons. The van der Waals surface area contributed by atoms with Crippen LogP contribution in [-0.4, -0.2) is 24.6 Å². The molecule has 22 heavy (non-hydrogen) atoms. The summed E-state index contributed by atoms with van der Waals surface area (Å²) in [5.74, 6) is -0.241. The van der Waals surface area contributed by atoms with E-state index in [2.05, 4.69) is 13.8 Å². The van der Waals surface area contributed by atoms with Crippen LogP contribution in [0, 0.1) is 0 Å². The Balaban J connectivity index is 3.41. The lowest BCUT2D eigenvalue weighted by Gasteiger charge is -2.11. The van der Waals surface area contributed by atoms with Crippen LogP contribution in [0.1, 0.15) is 91.4 Å². The van der Waals surface area contributed by atoms with Gasteiger partial charge in [-0.05, 0) is 32.6 Å². The zero-order valence-corrected chi connectivity index (χ0v) is 14.7. The van der Waals surface area contributed by atoms with E-state index in [0.29, 0.717) is 19.4 Å². The predicted octanol–water partition coefficient (Wildman–Crippen LogP) is 4.79. The number of carbonyl (C=O) groups is 2. The first-order valence-corrected chi connectivity index (χ1v) is 8.95. The van der Waals surface area contributed by atoms with Gasteiger partial charge < -0.3 is 9.47 Å². The highest BCUT2D eigenvalue weighted by molar-refractivity contribution is 5.70. The van der Waals surface area contributed by atoms with Crippen LogP contribution < -0.4 is 0 Å². The van der Waals surface area contributed by atoms with E-state index in [1.54, 1.807) is 0 Å². The molecule has 0 saturated carbocycles. The molecule has 0 aromatic heterocycles. The minimum Gasteiger partial charge on any atom is -0.466 e. The van der Waals surface area contributed by atoms with E-state index in [9.17, 15) is 9.59 Å². The summed E-state index contributed by atoms with van der Waals surface area (Å²) in [5, 5.41) is 0. The Labute approximate surface area is 135 Å². The monoisotopic (exact) mass is 314 g/mol. The van der Waals surface area contributed by atoms with Crippen LogP contribution in [0.3, 0.4) is 0 Å². The van der Waals surface area contributed by atoms with Gasteiger partial charge in [0.05, 0.1) is 12.7 Å². The molecule has 1 atom stereocenters. The average Bonchev–Trinajstić information content (AvgIpc) is 2.46. The molecule has 1 unspecified atom stereocenters. The first-order valence-electron chi connectivity index (χ1n) is 8.95. The second kappa shape index (κ2) is 14.9. The minimum absolute atomic E-state index is 0.0141. The summed E-state index contributed by atoms with van der Waals surface area (Å²) >= 11 is 0. The van der Waals surface area contributed by atoms with Gasteiger partial charge in [0.2, 0.25) is 0 Å². The Morgan fingerprint density at radius 2 is 1.45 bits per heavy atom. The quantitative estimate of drug-likeness (QED) is 0.341. The van der Waals surface area contributed by atoms with Crippen LogP contribution in [0.5, 0.6) is 0 Å². The first kappa shape index (κ1) is 20.9. The van der Waals surface area contributed by atoms with Crippen molar-refractivity contribution in [1.82, 2.24) is 0 Å². The minimum atomic E-state index is -0.126. The standard InChI is InChI=1S/C18H34O4/c1-4-6-7-11-15-21-17(19)13-9-8-10-14-18(20)22-16(3)12-5-2/h16H,4-15H2,1-3H3. The van der Waals surface area contributed by atoms with Gasteiger partial charge in [-0.3, -0.25) is 9.59 Å². The van der Waals surface area contributed by atoms with E-state index < -0.39 is 0 Å². The average molecular weight is 314 g/mol. The van der Waals surface area contributed by atoms with Crippen molar-refractivity contribution in [2.75, 3.05) is 6.61 Å². The van der Waals surface area contributed by atoms with Crippen LogP contribution in [0.4, 0.5) is 0 Å². The van der Waals surface area contributed by atoms with Gasteiger partial charge in [0.15, 0.2) is 0 Å². The molecule has 0 heterocycles. The molecule has 0 saturated heterocycles. The molecular weight excluding hydrogens is 280 g/mol. The van der Waals surface area contributed by atoms with Crippen molar-refractivity contribution >= 4 is 11.9 Å². The Morgan fingerprint density at radius 3 is 2.09 bits per heavy atom. The first-order chi connectivity index (χ1) is 10.6. The second-order valence-corrected chi connectivity index (χ2v) is 5.93. The van der Waals surface area contributed by atoms with Gasteiger partial charge >= 0.3 is 11.9 Å². The molecule has 0 aliphatic rings. The van der Waals surface area contributed by atoms with Crippen LogP contribution in [0.15, 0.2) is 0 Å². The Bertz CT molecular complexity index is 289. The third-order valence-electron chi connectivity index (χ3n) is 3.55. The van der Waals surface area contributed by atoms with Crippen molar-refractivity contribution in [3.8, 4) is 0 Å². The number of hydrogen-bond acceptors (Lipinski definition) is 4. The number of unbranched alkanes of at least 4 members (excludes halogenated alkanes) is 5. The summed E-state index contributed by atoms with van der Waals surface area (Å²) in [4.78, 5) is 23.0. The van der Waals surface area contributed by atoms with E-state index in [-0.39, 0.29) is 18.0 Å². The zero-order valence-electron chi connectivity index (χ0n) is 14.7. The lowest BCUT2D eigenvalue weighted by molar-refractivity contribution is -0.148. The predicted molar refractivity (Wildman–Crippen MR) is 88.6 cm³/mol. The van der Waals surface area contributed by atoms with Crippen molar-refractivity contribution in [1.29, 1.82) is 0 Å². The lowest BCUT2D eigenvalue weighted by Crippen LogP contribution is -2.14. The fourth-order valence-electron chi connectivity index (χ4n) is 2.25. The van der Waals surface area contributed by atoms with E-state index in [0.717, 1.165) is 44.9 Å². The molecule has 0 aliphatic heterocycles. The van der Waals surface area contributed by atoms with Crippen LogP contribution in [-0.2, 0) is 19.1 Å². The molecule has 0 spiro atoms. The summed E-state index contributed by atoms with van der Waals surface area (Å²) in [5.41, 5.74) is 0. The number of esters is 2. The van der Waals surface area contributed by atoms with E-state index >= 15 is 0 Å². The van der Waals surface area contributed by atoms with E-state index in [1.165, 1.54) is 12.8 Å². The van der Waals surface area contributed by atoms with Crippen molar-refractivity contribution in [2.24, 2.45) is 0 Å². The van der Waals surface area contributed by atoms with Crippen LogP contribution in [0.2, 0.25) is 0 Å². The normalized spacial score (nSPS) is 12.0. The maximum absolute atomic E-state index is 11.5. The summed E-state index contributed by atoms with van der Waals surface area (Å²) < 4.78 is 10.4. The molecule has 0 rings (SSSR count). The van der Waals surface area contributed by atoms with Gasteiger partial charge in [-0.2, -0.15) is 0 Å². The molecule has 4 heteroatoms. The van der Waals surface area contributed by atoms with Crippen molar-refractivity contribution in [3.05, 3.63) is 0 Å². The summed E-state index contributed by atoms with van der Waals surface area (Å²) in [6.45, 7) is 6.71. The SMILES string of the molecule is CCCCCCOC(=O)CCCCCC(=O)OC(C)CCC. The molecule has 0 aromatic rings. The molecule has 4 nitrogen and oxygen atoms in total. The fourth-order valence-corrected chi connectivity index (χ4v) is 2.25. The molecule has 0 bridgehead atoms. The van der Waals surface area contributed by atoms with Gasteiger partial charge in [-0.25, -0.2) is 0 Å². The number of hydrogen-bond donors (Lipinski definition) is 0. The largest absolute Gasteiger partial charge is 0.466 e. The van der Waals surface area contributed by atoms with Crippen molar-refractivity contribution in [2.45, 2.75) is 97.5 Å². The maximum Gasteiger partial charge on any atom is 0.306 e. The summed E-state index contributed by atoms with van der Waals surface area (Å²) in [7, 11) is 0. The van der Waals surface area contributed by atoms with Crippen LogP contribution >= 0.6 is 0 Å². The second-order valence-electron chi connectivity index (χ2n) is 5.93. The van der Waals surface area contributed by atoms with E-state index in [1.807, 2.05) is 6.92 Å². The molecule has 0 fully saturated rings. The molecule has 0 amide bonds. The molecule has 130 valence electrons. The van der Waals surface area contributed by atoms with E-state index in [4.69, 9.17) is 9.47 Å². The maximum atomic E-state index is 11.5. The van der Waals surface area contributed by atoms with Gasteiger partial charge in [0.1, 0.15) is 0 Å². The molecule has 0 aromatic carbocycles. The van der Waals surface area contributed by atoms with Gasteiger partial charge in [-0.15, -0.1) is 0 Å². The Kier molecular flexibility index (Phi) is 14.1. The molecule has 0 aliphatic carbocycles.